The van der Waals surface area contributed by atoms with Gasteiger partial charge in [0.25, 0.3) is 0 Å². The molecule has 100 valence electrons. The summed E-state index contributed by atoms with van der Waals surface area (Å²) in [6, 6.07) is 0.217. The molecule has 1 heterocycles. The van der Waals surface area contributed by atoms with Crippen molar-refractivity contribution < 1.29 is 9.00 Å². The molecule has 1 rings (SSSR count). The molecule has 0 saturated carbocycles. The van der Waals surface area contributed by atoms with Gasteiger partial charge in [-0.3, -0.25) is 9.00 Å². The molecule has 2 N–H and O–H groups in total. The largest absolute Gasteiger partial charge is 0.342 e. The standard InChI is InChI=1S/C12H24N2O2S/c1-11(13)6-2-5-9-17(16)10-12(15)14-7-3-4-8-14/h11H,2-10,13H2,1H3. The summed E-state index contributed by atoms with van der Waals surface area (Å²) in [5.41, 5.74) is 5.64. The highest BCUT2D eigenvalue weighted by Gasteiger charge is 2.19. The van der Waals surface area contributed by atoms with Crippen molar-refractivity contribution in [2.45, 2.75) is 45.1 Å². The maximum atomic E-state index is 11.7. The number of hydrogen-bond donors (Lipinski definition) is 1. The lowest BCUT2D eigenvalue weighted by molar-refractivity contribution is -0.127. The lowest BCUT2D eigenvalue weighted by Gasteiger charge is -2.14. The summed E-state index contributed by atoms with van der Waals surface area (Å²) in [5, 5.41) is 0. The summed E-state index contributed by atoms with van der Waals surface area (Å²) in [4.78, 5) is 13.5. The highest BCUT2D eigenvalue weighted by molar-refractivity contribution is 7.85. The number of hydrogen-bond acceptors (Lipinski definition) is 3. The lowest BCUT2D eigenvalue weighted by Crippen LogP contribution is -2.32. The third-order valence-corrected chi connectivity index (χ3v) is 4.34. The van der Waals surface area contributed by atoms with Crippen LogP contribution >= 0.6 is 0 Å². The number of rotatable bonds is 7. The van der Waals surface area contributed by atoms with Crippen LogP contribution in [0.2, 0.25) is 0 Å². The molecule has 2 atom stereocenters. The van der Waals surface area contributed by atoms with Crippen molar-refractivity contribution in [3.63, 3.8) is 0 Å². The molecule has 1 saturated heterocycles. The smallest absolute Gasteiger partial charge is 0.235 e. The Morgan fingerprint density at radius 1 is 1.35 bits per heavy atom. The Kier molecular flexibility index (Phi) is 6.73. The van der Waals surface area contributed by atoms with Crippen LogP contribution in [0.1, 0.15) is 39.0 Å². The molecular formula is C12H24N2O2S. The van der Waals surface area contributed by atoms with Gasteiger partial charge in [0, 0.05) is 35.7 Å². The van der Waals surface area contributed by atoms with Crippen molar-refractivity contribution in [1.82, 2.24) is 4.90 Å². The van der Waals surface area contributed by atoms with Gasteiger partial charge in [-0.1, -0.05) is 6.42 Å². The zero-order valence-electron chi connectivity index (χ0n) is 10.7. The van der Waals surface area contributed by atoms with Crippen LogP contribution in [0, 0.1) is 0 Å². The first kappa shape index (κ1) is 14.6. The Bertz CT molecular complexity index is 263. The average molecular weight is 260 g/mol. The van der Waals surface area contributed by atoms with Crippen LogP contribution in [0.25, 0.3) is 0 Å². The van der Waals surface area contributed by atoms with E-state index in [2.05, 4.69) is 0 Å². The Morgan fingerprint density at radius 2 is 2.00 bits per heavy atom. The van der Waals surface area contributed by atoms with E-state index < -0.39 is 10.8 Å². The van der Waals surface area contributed by atoms with Crippen LogP contribution in [0.5, 0.6) is 0 Å². The van der Waals surface area contributed by atoms with Crippen molar-refractivity contribution in [3.8, 4) is 0 Å². The van der Waals surface area contributed by atoms with Crippen LogP contribution in [-0.4, -0.2) is 45.7 Å². The van der Waals surface area contributed by atoms with Gasteiger partial charge in [0.2, 0.25) is 5.91 Å². The first-order valence-corrected chi connectivity index (χ1v) is 7.96. The number of carbonyl (C=O) groups excluding carboxylic acids is 1. The van der Waals surface area contributed by atoms with Gasteiger partial charge in [-0.2, -0.15) is 0 Å². The Balaban J connectivity index is 2.09. The van der Waals surface area contributed by atoms with Gasteiger partial charge < -0.3 is 10.6 Å². The SMILES string of the molecule is CC(N)CCCCS(=O)CC(=O)N1CCCC1. The van der Waals surface area contributed by atoms with E-state index in [0.29, 0.717) is 5.75 Å². The molecule has 0 aromatic rings. The fourth-order valence-corrected chi connectivity index (χ4v) is 3.13. The van der Waals surface area contributed by atoms with E-state index in [1.54, 1.807) is 0 Å². The average Bonchev–Trinajstić information content (AvgIpc) is 2.77. The summed E-state index contributed by atoms with van der Waals surface area (Å²) < 4.78 is 11.7. The number of likely N-dealkylation sites (tertiary alicyclic amines) is 1. The van der Waals surface area contributed by atoms with Crippen molar-refractivity contribution in [3.05, 3.63) is 0 Å². The minimum atomic E-state index is -0.993. The van der Waals surface area contributed by atoms with Crippen LogP contribution in [0.3, 0.4) is 0 Å². The number of carbonyl (C=O) groups is 1. The van der Waals surface area contributed by atoms with Crippen LogP contribution in [0.15, 0.2) is 0 Å². The summed E-state index contributed by atoms with van der Waals surface area (Å²) in [5.74, 6) is 0.901. The Labute approximate surface area is 106 Å². The second-order valence-corrected chi connectivity index (χ2v) is 6.43. The van der Waals surface area contributed by atoms with Crippen molar-refractivity contribution >= 4 is 16.7 Å². The van der Waals surface area contributed by atoms with Crippen molar-refractivity contribution in [1.29, 1.82) is 0 Å². The fraction of sp³-hybridized carbons (Fsp3) is 0.917. The van der Waals surface area contributed by atoms with Crippen molar-refractivity contribution in [2.75, 3.05) is 24.6 Å². The monoisotopic (exact) mass is 260 g/mol. The molecule has 1 aliphatic rings. The molecule has 0 spiro atoms. The molecule has 17 heavy (non-hydrogen) atoms. The molecule has 4 nitrogen and oxygen atoms in total. The third-order valence-electron chi connectivity index (χ3n) is 3.02. The summed E-state index contributed by atoms with van der Waals surface area (Å²) >= 11 is 0. The molecule has 2 unspecified atom stereocenters. The number of nitrogens with two attached hydrogens (primary N) is 1. The van der Waals surface area contributed by atoms with Gasteiger partial charge in [0.05, 0.1) is 0 Å². The van der Waals surface area contributed by atoms with E-state index in [0.717, 1.165) is 45.2 Å². The Morgan fingerprint density at radius 3 is 2.59 bits per heavy atom. The minimum absolute atomic E-state index is 0.0630. The van der Waals surface area contributed by atoms with E-state index in [1.165, 1.54) is 0 Å². The summed E-state index contributed by atoms with van der Waals surface area (Å²) in [6.45, 7) is 3.68. The van der Waals surface area contributed by atoms with Crippen LogP contribution in [0.4, 0.5) is 0 Å². The van der Waals surface area contributed by atoms with E-state index in [1.807, 2.05) is 11.8 Å². The predicted molar refractivity (Wildman–Crippen MR) is 71.2 cm³/mol. The highest BCUT2D eigenvalue weighted by Crippen LogP contribution is 2.08. The molecule has 0 aromatic heterocycles. The normalized spacial score (nSPS) is 19.3. The van der Waals surface area contributed by atoms with Gasteiger partial charge in [-0.25, -0.2) is 0 Å². The maximum absolute atomic E-state index is 11.7. The topological polar surface area (TPSA) is 63.4 Å². The second kappa shape index (κ2) is 7.82. The van der Waals surface area contributed by atoms with E-state index in [9.17, 15) is 9.00 Å². The summed E-state index contributed by atoms with van der Waals surface area (Å²) in [6.07, 6.45) is 5.06. The van der Waals surface area contributed by atoms with Gasteiger partial charge in [0.1, 0.15) is 5.75 Å². The number of nitrogens with zero attached hydrogens (tertiary/aromatic N) is 1. The molecule has 5 heteroatoms. The molecule has 1 aliphatic heterocycles. The molecule has 1 fully saturated rings. The number of amides is 1. The van der Waals surface area contributed by atoms with Crippen LogP contribution in [-0.2, 0) is 15.6 Å². The Hall–Kier alpha value is -0.420. The molecular weight excluding hydrogens is 236 g/mol. The lowest BCUT2D eigenvalue weighted by atomic mass is 10.2. The molecule has 1 amide bonds. The van der Waals surface area contributed by atoms with E-state index in [-0.39, 0.29) is 17.7 Å². The highest BCUT2D eigenvalue weighted by atomic mass is 32.2. The molecule has 0 aliphatic carbocycles. The first-order chi connectivity index (χ1) is 8.09. The quantitative estimate of drug-likeness (QED) is 0.691. The van der Waals surface area contributed by atoms with Gasteiger partial charge in [0.15, 0.2) is 0 Å². The van der Waals surface area contributed by atoms with Crippen molar-refractivity contribution in [2.24, 2.45) is 5.73 Å². The van der Waals surface area contributed by atoms with Gasteiger partial charge in [-0.15, -0.1) is 0 Å². The number of unbranched alkanes of at least 4 members (excludes halogenated alkanes) is 1. The predicted octanol–water partition coefficient (Wildman–Crippen LogP) is 0.875. The fourth-order valence-electron chi connectivity index (χ4n) is 2.00. The zero-order valence-corrected chi connectivity index (χ0v) is 11.5. The van der Waals surface area contributed by atoms with Crippen LogP contribution < -0.4 is 5.73 Å². The summed E-state index contributed by atoms with van der Waals surface area (Å²) in [7, 11) is -0.993. The second-order valence-electron chi connectivity index (χ2n) is 4.85. The molecule has 0 radical (unpaired) electrons. The molecule has 0 aromatic carbocycles. The minimum Gasteiger partial charge on any atom is -0.342 e. The van der Waals surface area contributed by atoms with E-state index in [4.69, 9.17) is 5.73 Å². The maximum Gasteiger partial charge on any atom is 0.235 e. The zero-order chi connectivity index (χ0) is 12.7. The van der Waals surface area contributed by atoms with E-state index >= 15 is 0 Å². The van der Waals surface area contributed by atoms with Gasteiger partial charge >= 0.3 is 0 Å². The third kappa shape index (κ3) is 6.17. The first-order valence-electron chi connectivity index (χ1n) is 6.48. The van der Waals surface area contributed by atoms with Gasteiger partial charge in [-0.05, 0) is 32.6 Å². The molecule has 0 bridgehead atoms.